The fraction of sp³-hybridized carbons (Fsp3) is 0.625. The van der Waals surface area contributed by atoms with Crippen molar-refractivity contribution in [3.63, 3.8) is 0 Å². The van der Waals surface area contributed by atoms with E-state index in [-0.39, 0.29) is 18.4 Å². The Morgan fingerprint density at radius 2 is 1.50 bits per heavy atom. The lowest BCUT2D eigenvalue weighted by Crippen LogP contribution is -2.44. The molecule has 2 amide bonds. The maximum atomic E-state index is 13.4. The van der Waals surface area contributed by atoms with Crippen LogP contribution < -0.4 is 0 Å². The second-order valence-electron chi connectivity index (χ2n) is 10.9. The molecule has 0 atom stereocenters. The monoisotopic (exact) mass is 543 g/mol. The molecular formula is C32H50ClN3O2. The highest BCUT2D eigenvalue weighted by atomic mass is 35.5. The molecule has 0 spiro atoms. The summed E-state index contributed by atoms with van der Waals surface area (Å²) >= 11 is 6.39. The summed E-state index contributed by atoms with van der Waals surface area (Å²) in [6, 6.07) is 11.9. The molecule has 0 radical (unpaired) electrons. The number of aromatic nitrogens is 1. The van der Waals surface area contributed by atoms with E-state index < -0.39 is 0 Å². The molecule has 1 heterocycles. The number of hydrogen-bond donors (Lipinski definition) is 0. The quantitative estimate of drug-likeness (QED) is 0.169. The highest BCUT2D eigenvalue weighted by molar-refractivity contribution is 6.31. The lowest BCUT2D eigenvalue weighted by Gasteiger charge is -2.29. The Labute approximate surface area is 236 Å². The van der Waals surface area contributed by atoms with Crippen molar-refractivity contribution in [2.75, 3.05) is 19.6 Å². The standard InChI is InChI=1S/C32H50ClN3O2/c1-5-7-8-9-10-11-12-13-14-21-31(37)34(6-2)26-32(38)36(23-27(3)4)25-29-19-17-22-35(29)24-28-18-15-16-20-30(28)33/h15-20,22,27H,5-14,21,23-26H2,1-4H3. The average Bonchev–Trinajstić information content (AvgIpc) is 3.33. The number of rotatable bonds is 19. The first-order valence-corrected chi connectivity index (χ1v) is 15.2. The number of carbonyl (C=O) groups is 2. The number of benzene rings is 1. The van der Waals surface area contributed by atoms with Crippen LogP contribution in [0.3, 0.4) is 0 Å². The molecule has 0 aliphatic carbocycles. The summed E-state index contributed by atoms with van der Waals surface area (Å²) < 4.78 is 2.15. The zero-order chi connectivity index (χ0) is 27.8. The molecule has 0 bridgehead atoms. The Morgan fingerprint density at radius 3 is 2.13 bits per heavy atom. The summed E-state index contributed by atoms with van der Waals surface area (Å²) in [5.41, 5.74) is 2.11. The van der Waals surface area contributed by atoms with Gasteiger partial charge in [-0.2, -0.15) is 0 Å². The van der Waals surface area contributed by atoms with Crippen LogP contribution in [0.5, 0.6) is 0 Å². The van der Waals surface area contributed by atoms with Crippen LogP contribution in [-0.4, -0.2) is 45.8 Å². The number of hydrogen-bond acceptors (Lipinski definition) is 2. The van der Waals surface area contributed by atoms with Crippen LogP contribution in [0.4, 0.5) is 0 Å². The second kappa shape index (κ2) is 18.1. The Kier molecular flexibility index (Phi) is 15.2. The Hall–Kier alpha value is -2.27. The number of unbranched alkanes of at least 4 members (excludes halogenated alkanes) is 8. The first-order valence-electron chi connectivity index (χ1n) is 14.8. The third-order valence-corrected chi connectivity index (χ3v) is 7.44. The molecular weight excluding hydrogens is 494 g/mol. The minimum Gasteiger partial charge on any atom is -0.345 e. The van der Waals surface area contributed by atoms with Crippen LogP contribution >= 0.6 is 11.6 Å². The van der Waals surface area contributed by atoms with E-state index in [0.717, 1.165) is 29.1 Å². The van der Waals surface area contributed by atoms with Crippen LogP contribution in [0.25, 0.3) is 0 Å². The molecule has 0 N–H and O–H groups in total. The number of halogens is 1. The predicted molar refractivity (Wildman–Crippen MR) is 159 cm³/mol. The van der Waals surface area contributed by atoms with Gasteiger partial charge in [0.25, 0.3) is 0 Å². The molecule has 0 aliphatic heterocycles. The van der Waals surface area contributed by atoms with Gasteiger partial charge in [-0.25, -0.2) is 0 Å². The van der Waals surface area contributed by atoms with E-state index >= 15 is 0 Å². The van der Waals surface area contributed by atoms with Crippen molar-refractivity contribution in [1.29, 1.82) is 0 Å². The topological polar surface area (TPSA) is 45.6 Å². The van der Waals surface area contributed by atoms with E-state index in [2.05, 4.69) is 31.4 Å². The molecule has 1 aromatic carbocycles. The van der Waals surface area contributed by atoms with Gasteiger partial charge in [0.1, 0.15) is 0 Å². The summed E-state index contributed by atoms with van der Waals surface area (Å²) in [6.45, 7) is 11.0. The van der Waals surface area contributed by atoms with Crippen molar-refractivity contribution in [2.24, 2.45) is 5.92 Å². The summed E-state index contributed by atoms with van der Waals surface area (Å²) in [7, 11) is 0. The number of nitrogens with zero attached hydrogens (tertiary/aromatic N) is 3. The number of amides is 2. The molecule has 38 heavy (non-hydrogen) atoms. The van der Waals surface area contributed by atoms with Crippen LogP contribution in [0.2, 0.25) is 5.02 Å². The fourth-order valence-corrected chi connectivity index (χ4v) is 5.03. The van der Waals surface area contributed by atoms with Crippen molar-refractivity contribution in [3.8, 4) is 0 Å². The Balaban J connectivity index is 1.89. The zero-order valence-electron chi connectivity index (χ0n) is 24.3. The van der Waals surface area contributed by atoms with Crippen LogP contribution in [-0.2, 0) is 22.7 Å². The highest BCUT2D eigenvalue weighted by Gasteiger charge is 2.22. The van der Waals surface area contributed by atoms with E-state index in [4.69, 9.17) is 11.6 Å². The van der Waals surface area contributed by atoms with Crippen molar-refractivity contribution in [3.05, 3.63) is 58.9 Å². The van der Waals surface area contributed by atoms with Gasteiger partial charge in [-0.15, -0.1) is 0 Å². The molecule has 1 aromatic heterocycles. The largest absolute Gasteiger partial charge is 0.345 e. The van der Waals surface area contributed by atoms with Gasteiger partial charge in [0.15, 0.2) is 0 Å². The van der Waals surface area contributed by atoms with Gasteiger partial charge >= 0.3 is 0 Å². The van der Waals surface area contributed by atoms with E-state index in [1.807, 2.05) is 48.4 Å². The van der Waals surface area contributed by atoms with Gasteiger partial charge in [0.05, 0.1) is 13.1 Å². The highest BCUT2D eigenvalue weighted by Crippen LogP contribution is 2.19. The van der Waals surface area contributed by atoms with Gasteiger partial charge in [0.2, 0.25) is 11.8 Å². The maximum absolute atomic E-state index is 13.4. The first-order chi connectivity index (χ1) is 18.3. The molecule has 6 heteroatoms. The summed E-state index contributed by atoms with van der Waals surface area (Å²) in [4.78, 5) is 30.0. The second-order valence-corrected chi connectivity index (χ2v) is 11.3. The lowest BCUT2D eigenvalue weighted by atomic mass is 10.1. The van der Waals surface area contributed by atoms with Crippen molar-refractivity contribution >= 4 is 23.4 Å². The van der Waals surface area contributed by atoms with Gasteiger partial charge in [-0.3, -0.25) is 9.59 Å². The molecule has 5 nitrogen and oxygen atoms in total. The number of carbonyl (C=O) groups excluding carboxylic acids is 2. The Morgan fingerprint density at radius 1 is 0.842 bits per heavy atom. The van der Waals surface area contributed by atoms with Crippen LogP contribution in [0, 0.1) is 5.92 Å². The van der Waals surface area contributed by atoms with Crippen molar-refractivity contribution in [1.82, 2.24) is 14.4 Å². The number of likely N-dealkylation sites (N-methyl/N-ethyl adjacent to an activating group) is 1. The van der Waals surface area contributed by atoms with E-state index in [9.17, 15) is 9.59 Å². The van der Waals surface area contributed by atoms with E-state index in [0.29, 0.717) is 38.5 Å². The molecule has 0 saturated carbocycles. The van der Waals surface area contributed by atoms with E-state index in [1.165, 1.54) is 44.9 Å². The first kappa shape index (κ1) is 31.9. The third kappa shape index (κ3) is 11.6. The zero-order valence-corrected chi connectivity index (χ0v) is 25.0. The lowest BCUT2D eigenvalue weighted by molar-refractivity contribution is -0.141. The molecule has 0 unspecified atom stereocenters. The van der Waals surface area contributed by atoms with Gasteiger partial charge in [-0.05, 0) is 43.0 Å². The smallest absolute Gasteiger partial charge is 0.242 e. The van der Waals surface area contributed by atoms with Crippen molar-refractivity contribution < 1.29 is 9.59 Å². The van der Waals surface area contributed by atoms with Gasteiger partial charge in [0, 0.05) is 43.0 Å². The molecule has 212 valence electrons. The molecule has 0 aliphatic rings. The average molecular weight is 544 g/mol. The third-order valence-electron chi connectivity index (χ3n) is 7.07. The minimum absolute atomic E-state index is 0.00599. The SMILES string of the molecule is CCCCCCCCCCCC(=O)N(CC)CC(=O)N(Cc1cccn1Cc1ccccc1Cl)CC(C)C. The Bertz CT molecular complexity index is 956. The van der Waals surface area contributed by atoms with Gasteiger partial charge in [-0.1, -0.05) is 102 Å². The summed E-state index contributed by atoms with van der Waals surface area (Å²) in [5, 5.41) is 0.742. The van der Waals surface area contributed by atoms with E-state index in [1.54, 1.807) is 4.90 Å². The molecule has 2 rings (SSSR count). The molecule has 2 aromatic rings. The summed E-state index contributed by atoms with van der Waals surface area (Å²) in [6.07, 6.45) is 13.6. The van der Waals surface area contributed by atoms with Crippen LogP contribution in [0.15, 0.2) is 42.6 Å². The molecule has 0 saturated heterocycles. The minimum atomic E-state index is 0.00599. The maximum Gasteiger partial charge on any atom is 0.242 e. The summed E-state index contributed by atoms with van der Waals surface area (Å²) in [5.74, 6) is 0.431. The normalized spacial score (nSPS) is 11.2. The molecule has 0 fully saturated rings. The van der Waals surface area contributed by atoms with Gasteiger partial charge < -0.3 is 14.4 Å². The van der Waals surface area contributed by atoms with Crippen molar-refractivity contribution in [2.45, 2.75) is 105 Å². The predicted octanol–water partition coefficient (Wildman–Crippen LogP) is 7.94. The van der Waals surface area contributed by atoms with Crippen LogP contribution in [0.1, 0.15) is 103 Å². The fourth-order valence-electron chi connectivity index (χ4n) is 4.83.